The molecule has 3 N–H and O–H groups in total. The SMILES string of the molecule is CCCN(C[C@]1(O)CC[C@H]2c3ccc(cc3C(=O)c3cccc(C(F)(F)F)c3)C[C@@H](O)CCC(C)=CCC[C@@]21C)C(=O)Nc1ccccc1. The number of hydrogen-bond donors (Lipinski definition) is 3. The van der Waals surface area contributed by atoms with E-state index in [2.05, 4.69) is 11.4 Å². The van der Waals surface area contributed by atoms with E-state index in [1.165, 1.54) is 12.1 Å². The van der Waals surface area contributed by atoms with Crippen molar-refractivity contribution < 1.29 is 33.0 Å². The zero-order chi connectivity index (χ0) is 35.4. The van der Waals surface area contributed by atoms with E-state index in [1.54, 1.807) is 11.0 Å². The van der Waals surface area contributed by atoms with Gasteiger partial charge in [-0.15, -0.1) is 0 Å². The van der Waals surface area contributed by atoms with Crippen molar-refractivity contribution in [1.29, 1.82) is 0 Å². The van der Waals surface area contributed by atoms with Gasteiger partial charge in [0.25, 0.3) is 0 Å². The molecule has 0 saturated heterocycles. The standard InChI is InChI=1S/C40H47F3N2O4/c1-4-22-45(37(48)44-31-13-6-5-7-14-31)26-39(49)21-19-35-33-18-16-28(23-32(46)17-15-27(2)10-9-20-38(35,39)3)24-34(33)36(47)29-11-8-12-30(25-29)40(41,42)43/h5-8,10-14,16,18,24-25,32,35,46,49H,4,9,15,17,19-23,26H2,1-3H3,(H,44,48)/t32-,35-,38-,39+/m0/s1. The van der Waals surface area contributed by atoms with Gasteiger partial charge in [-0.1, -0.05) is 68.0 Å². The van der Waals surface area contributed by atoms with Gasteiger partial charge >= 0.3 is 12.2 Å². The molecule has 1 fully saturated rings. The Labute approximate surface area is 287 Å². The molecule has 0 unspecified atom stereocenters. The molecule has 0 aliphatic heterocycles. The van der Waals surface area contributed by atoms with Crippen LogP contribution in [0.2, 0.25) is 0 Å². The molecule has 262 valence electrons. The van der Waals surface area contributed by atoms with Gasteiger partial charge in [-0.25, -0.2) is 4.79 Å². The lowest BCUT2D eigenvalue weighted by Crippen LogP contribution is -2.54. The summed E-state index contributed by atoms with van der Waals surface area (Å²) in [7, 11) is 0. The topological polar surface area (TPSA) is 89.9 Å². The van der Waals surface area contributed by atoms with Gasteiger partial charge in [0.05, 0.1) is 23.8 Å². The van der Waals surface area contributed by atoms with Crippen LogP contribution in [0.15, 0.2) is 84.4 Å². The molecule has 4 atom stereocenters. The van der Waals surface area contributed by atoms with Gasteiger partial charge in [0.15, 0.2) is 5.78 Å². The van der Waals surface area contributed by atoms with Crippen molar-refractivity contribution in [2.75, 3.05) is 18.4 Å². The Kier molecular flexibility index (Phi) is 11.0. The first-order valence-electron chi connectivity index (χ1n) is 17.3. The molecule has 9 heteroatoms. The van der Waals surface area contributed by atoms with E-state index >= 15 is 0 Å². The number of anilines is 1. The Balaban J connectivity index is 1.58. The Hall–Kier alpha value is -3.95. The van der Waals surface area contributed by atoms with Crippen molar-refractivity contribution in [2.45, 2.75) is 95.9 Å². The van der Waals surface area contributed by atoms with Crippen LogP contribution in [-0.2, 0) is 12.6 Å². The van der Waals surface area contributed by atoms with Crippen molar-refractivity contribution in [3.63, 3.8) is 0 Å². The van der Waals surface area contributed by atoms with Crippen LogP contribution in [0.4, 0.5) is 23.7 Å². The number of aliphatic hydroxyl groups excluding tert-OH is 1. The van der Waals surface area contributed by atoms with Crippen molar-refractivity contribution in [3.05, 3.63) is 112 Å². The highest BCUT2D eigenvalue weighted by Gasteiger charge is 2.57. The average molecular weight is 677 g/mol. The molecule has 0 radical (unpaired) electrons. The minimum Gasteiger partial charge on any atom is -0.393 e. The molecule has 1 saturated carbocycles. The fourth-order valence-electron chi connectivity index (χ4n) is 7.75. The van der Waals surface area contributed by atoms with Crippen LogP contribution in [0.3, 0.4) is 0 Å². The molecule has 3 aliphatic rings. The summed E-state index contributed by atoms with van der Waals surface area (Å²) >= 11 is 0. The summed E-state index contributed by atoms with van der Waals surface area (Å²) in [5.41, 5.74) is 0.331. The van der Waals surface area contributed by atoms with Crippen LogP contribution in [-0.4, -0.2) is 51.7 Å². The van der Waals surface area contributed by atoms with E-state index < -0.39 is 34.6 Å². The van der Waals surface area contributed by atoms with Gasteiger partial charge in [-0.2, -0.15) is 13.2 Å². The summed E-state index contributed by atoms with van der Waals surface area (Å²) in [4.78, 5) is 29.5. The minimum absolute atomic E-state index is 0.0740. The molecule has 0 spiro atoms. The van der Waals surface area contributed by atoms with Crippen LogP contribution in [0.25, 0.3) is 0 Å². The third-order valence-electron chi connectivity index (χ3n) is 10.6. The lowest BCUT2D eigenvalue weighted by Gasteiger charge is -2.46. The maximum absolute atomic E-state index is 14.2. The molecule has 3 aliphatic carbocycles. The van der Waals surface area contributed by atoms with Crippen LogP contribution in [0.1, 0.15) is 104 Å². The number of rotatable bonds is 7. The van der Waals surface area contributed by atoms with E-state index in [4.69, 9.17) is 0 Å². The number of para-hydroxylation sites is 1. The highest BCUT2D eigenvalue weighted by molar-refractivity contribution is 6.10. The van der Waals surface area contributed by atoms with Crippen LogP contribution in [0, 0.1) is 5.41 Å². The van der Waals surface area contributed by atoms with Crippen molar-refractivity contribution in [2.24, 2.45) is 5.41 Å². The second-order valence-corrected chi connectivity index (χ2v) is 14.1. The van der Waals surface area contributed by atoms with E-state index in [0.717, 1.165) is 17.7 Å². The fourth-order valence-corrected chi connectivity index (χ4v) is 7.75. The first kappa shape index (κ1) is 36.3. The number of nitrogens with zero attached hydrogens (tertiary/aromatic N) is 1. The first-order valence-corrected chi connectivity index (χ1v) is 17.3. The number of halogens is 3. The molecule has 6 nitrogen and oxygen atoms in total. The summed E-state index contributed by atoms with van der Waals surface area (Å²) < 4.78 is 41.0. The third kappa shape index (κ3) is 8.10. The lowest BCUT2D eigenvalue weighted by atomic mass is 9.64. The van der Waals surface area contributed by atoms with Gasteiger partial charge in [0, 0.05) is 28.8 Å². The number of alkyl halides is 3. The monoisotopic (exact) mass is 676 g/mol. The number of fused-ring (bicyclic) bond motifs is 8. The van der Waals surface area contributed by atoms with Gasteiger partial charge in [0.1, 0.15) is 0 Å². The fraction of sp³-hybridized carbons (Fsp3) is 0.450. The predicted octanol–water partition coefficient (Wildman–Crippen LogP) is 8.92. The number of ketones is 1. The molecular formula is C40H47F3N2O4. The smallest absolute Gasteiger partial charge is 0.393 e. The van der Waals surface area contributed by atoms with Crippen molar-refractivity contribution >= 4 is 17.5 Å². The van der Waals surface area contributed by atoms with Crippen LogP contribution < -0.4 is 5.32 Å². The maximum Gasteiger partial charge on any atom is 0.416 e. The largest absolute Gasteiger partial charge is 0.416 e. The van der Waals surface area contributed by atoms with Gasteiger partial charge in [-0.3, -0.25) is 4.79 Å². The minimum atomic E-state index is -4.61. The number of carbonyl (C=O) groups is 2. The number of urea groups is 1. The van der Waals surface area contributed by atoms with E-state index in [1.807, 2.05) is 63.2 Å². The van der Waals surface area contributed by atoms with Gasteiger partial charge < -0.3 is 20.4 Å². The summed E-state index contributed by atoms with van der Waals surface area (Å²) in [6.07, 6.45) is 1.13. The van der Waals surface area contributed by atoms with Crippen LogP contribution >= 0.6 is 0 Å². The molecule has 0 aromatic heterocycles. The van der Waals surface area contributed by atoms with Crippen molar-refractivity contribution in [1.82, 2.24) is 4.90 Å². The molecule has 2 amide bonds. The maximum atomic E-state index is 14.2. The normalized spacial score (nSPS) is 24.4. The van der Waals surface area contributed by atoms with Crippen LogP contribution in [0.5, 0.6) is 0 Å². The number of nitrogens with one attached hydrogen (secondary N) is 1. The first-order chi connectivity index (χ1) is 23.2. The molecule has 49 heavy (non-hydrogen) atoms. The van der Waals surface area contributed by atoms with Gasteiger partial charge in [-0.05, 0) is 106 Å². The third-order valence-corrected chi connectivity index (χ3v) is 10.6. The zero-order valence-electron chi connectivity index (χ0n) is 28.5. The number of aliphatic hydroxyl groups is 2. The number of amides is 2. The summed E-state index contributed by atoms with van der Waals surface area (Å²) in [6.45, 7) is 6.55. The quantitative estimate of drug-likeness (QED) is 0.172. The van der Waals surface area contributed by atoms with E-state index in [9.17, 15) is 33.0 Å². The lowest BCUT2D eigenvalue weighted by molar-refractivity contribution is -0.137. The predicted molar refractivity (Wildman–Crippen MR) is 186 cm³/mol. The number of carbonyl (C=O) groups excluding carboxylic acids is 2. The van der Waals surface area contributed by atoms with E-state index in [0.29, 0.717) is 74.7 Å². The summed E-state index contributed by atoms with van der Waals surface area (Å²) in [6, 6.07) is 18.8. The molecular weight excluding hydrogens is 629 g/mol. The highest BCUT2D eigenvalue weighted by atomic mass is 19.4. The molecule has 6 rings (SSSR count). The Bertz CT molecular complexity index is 1670. The summed E-state index contributed by atoms with van der Waals surface area (Å²) in [5.74, 6) is -0.869. The molecule has 2 bridgehead atoms. The number of hydrogen-bond acceptors (Lipinski definition) is 4. The summed E-state index contributed by atoms with van der Waals surface area (Å²) in [5, 5.41) is 26.5. The molecule has 3 aromatic carbocycles. The average Bonchev–Trinajstić information content (AvgIpc) is 3.32. The van der Waals surface area contributed by atoms with Crippen molar-refractivity contribution in [3.8, 4) is 0 Å². The van der Waals surface area contributed by atoms with E-state index in [-0.39, 0.29) is 29.6 Å². The second-order valence-electron chi connectivity index (χ2n) is 14.1. The number of benzene rings is 3. The highest BCUT2D eigenvalue weighted by Crippen LogP contribution is 2.59. The Morgan fingerprint density at radius 3 is 2.47 bits per heavy atom. The zero-order valence-corrected chi connectivity index (χ0v) is 28.5. The Morgan fingerprint density at radius 2 is 1.76 bits per heavy atom. The molecule has 0 heterocycles. The Morgan fingerprint density at radius 1 is 1.00 bits per heavy atom. The molecule has 3 aromatic rings. The number of allylic oxidation sites excluding steroid dienone is 2. The second kappa shape index (κ2) is 14.9. The van der Waals surface area contributed by atoms with Gasteiger partial charge in [0.2, 0.25) is 0 Å².